The molecule has 0 radical (unpaired) electrons. The summed E-state index contributed by atoms with van der Waals surface area (Å²) >= 11 is 0. The molecule has 5 nitrogen and oxygen atoms in total. The van der Waals surface area contributed by atoms with Crippen LogP contribution >= 0.6 is 0 Å². The summed E-state index contributed by atoms with van der Waals surface area (Å²) in [6, 6.07) is -0.746. The summed E-state index contributed by atoms with van der Waals surface area (Å²) in [7, 11) is 0. The van der Waals surface area contributed by atoms with Crippen LogP contribution in [0.25, 0.3) is 0 Å². The lowest BCUT2D eigenvalue weighted by Gasteiger charge is -2.24. The summed E-state index contributed by atoms with van der Waals surface area (Å²) in [6.07, 6.45) is 3.23. The Morgan fingerprint density at radius 2 is 2.07 bits per heavy atom. The smallest absolute Gasteiger partial charge is 0.326 e. The maximum absolute atomic E-state index is 12.0. The highest BCUT2D eigenvalue weighted by Crippen LogP contribution is 2.20. The molecule has 2 fully saturated rings. The van der Waals surface area contributed by atoms with Crippen molar-refractivity contribution in [3.63, 3.8) is 0 Å². The maximum Gasteiger partial charge on any atom is 0.326 e. The Kier molecular flexibility index (Phi) is 2.90. The Bertz CT molecular complexity index is 274. The van der Waals surface area contributed by atoms with E-state index in [1.54, 1.807) is 0 Å². The second-order valence-corrected chi connectivity index (χ2v) is 4.18. The maximum atomic E-state index is 12.0. The summed E-state index contributed by atoms with van der Waals surface area (Å²) in [6.45, 7) is 1.45. The van der Waals surface area contributed by atoms with Gasteiger partial charge in [0.1, 0.15) is 6.04 Å². The first-order chi connectivity index (χ1) is 7.20. The van der Waals surface area contributed by atoms with Crippen molar-refractivity contribution in [1.29, 1.82) is 0 Å². The molecule has 15 heavy (non-hydrogen) atoms. The van der Waals surface area contributed by atoms with Crippen LogP contribution in [0.4, 0.5) is 0 Å². The minimum Gasteiger partial charge on any atom is -0.480 e. The van der Waals surface area contributed by atoms with Gasteiger partial charge in [-0.2, -0.15) is 0 Å². The number of nitrogens with one attached hydrogen (secondary N) is 1. The Morgan fingerprint density at radius 3 is 2.67 bits per heavy atom. The lowest BCUT2D eigenvalue weighted by molar-refractivity contribution is -0.148. The largest absolute Gasteiger partial charge is 0.480 e. The molecule has 2 atom stereocenters. The fraction of sp³-hybridized carbons (Fsp3) is 0.800. The van der Waals surface area contributed by atoms with E-state index in [4.69, 9.17) is 5.11 Å². The van der Waals surface area contributed by atoms with Crippen molar-refractivity contribution in [1.82, 2.24) is 10.2 Å². The zero-order valence-electron chi connectivity index (χ0n) is 8.61. The number of carbonyl (C=O) groups is 2. The standard InChI is InChI=1S/C10H16N2O3/c13-9(7-3-1-5-11-7)12-6-2-4-8(12)10(14)15/h7-8,11H,1-6H2,(H,14,15)/t7-,8?/m1/s1. The second-order valence-electron chi connectivity index (χ2n) is 4.18. The third-order valence-electron chi connectivity index (χ3n) is 3.18. The number of amides is 1. The third-order valence-corrected chi connectivity index (χ3v) is 3.18. The van der Waals surface area contributed by atoms with E-state index >= 15 is 0 Å². The van der Waals surface area contributed by atoms with Crippen molar-refractivity contribution in [2.75, 3.05) is 13.1 Å². The zero-order chi connectivity index (χ0) is 10.8. The monoisotopic (exact) mass is 212 g/mol. The molecule has 0 aromatic heterocycles. The number of likely N-dealkylation sites (tertiary alicyclic amines) is 1. The highest BCUT2D eigenvalue weighted by molar-refractivity contribution is 5.87. The van der Waals surface area contributed by atoms with E-state index in [1.165, 1.54) is 4.90 Å². The van der Waals surface area contributed by atoms with Crippen LogP contribution in [0.2, 0.25) is 0 Å². The quantitative estimate of drug-likeness (QED) is 0.666. The summed E-state index contributed by atoms with van der Waals surface area (Å²) < 4.78 is 0. The first-order valence-electron chi connectivity index (χ1n) is 5.47. The van der Waals surface area contributed by atoms with Gasteiger partial charge in [0.2, 0.25) is 5.91 Å². The van der Waals surface area contributed by atoms with E-state index in [0.29, 0.717) is 13.0 Å². The van der Waals surface area contributed by atoms with Gasteiger partial charge in [0.05, 0.1) is 6.04 Å². The number of carboxylic acids is 1. The van der Waals surface area contributed by atoms with Gasteiger partial charge < -0.3 is 15.3 Å². The van der Waals surface area contributed by atoms with Gasteiger partial charge in [0, 0.05) is 6.54 Å². The highest BCUT2D eigenvalue weighted by Gasteiger charge is 2.37. The highest BCUT2D eigenvalue weighted by atomic mass is 16.4. The second kappa shape index (κ2) is 4.18. The Balaban J connectivity index is 2.02. The van der Waals surface area contributed by atoms with Crippen LogP contribution in [-0.4, -0.2) is 47.1 Å². The van der Waals surface area contributed by atoms with Crippen LogP contribution in [-0.2, 0) is 9.59 Å². The molecule has 0 aromatic rings. The molecular formula is C10H16N2O3. The minimum absolute atomic E-state index is 0.0302. The molecule has 2 rings (SSSR count). The molecule has 0 saturated carbocycles. The van der Waals surface area contributed by atoms with Crippen LogP contribution < -0.4 is 5.32 Å². The van der Waals surface area contributed by atoms with Crippen molar-refractivity contribution < 1.29 is 14.7 Å². The molecule has 84 valence electrons. The number of hydrogen-bond acceptors (Lipinski definition) is 3. The first kappa shape index (κ1) is 10.4. The average molecular weight is 212 g/mol. The van der Waals surface area contributed by atoms with Gasteiger partial charge in [0.25, 0.3) is 0 Å². The van der Waals surface area contributed by atoms with Crippen LogP contribution in [0.3, 0.4) is 0 Å². The van der Waals surface area contributed by atoms with Gasteiger partial charge in [0.15, 0.2) is 0 Å². The minimum atomic E-state index is -0.876. The van der Waals surface area contributed by atoms with E-state index in [2.05, 4.69) is 5.32 Å². The molecule has 2 aliphatic heterocycles. The molecule has 2 N–H and O–H groups in total. The van der Waals surface area contributed by atoms with Crippen LogP contribution in [0.5, 0.6) is 0 Å². The molecule has 0 aromatic carbocycles. The fourth-order valence-corrected chi connectivity index (χ4v) is 2.38. The molecule has 2 heterocycles. The predicted molar refractivity (Wildman–Crippen MR) is 53.4 cm³/mol. The zero-order valence-corrected chi connectivity index (χ0v) is 8.61. The van der Waals surface area contributed by atoms with Gasteiger partial charge in [-0.25, -0.2) is 4.79 Å². The number of nitrogens with zero attached hydrogens (tertiary/aromatic N) is 1. The summed E-state index contributed by atoms with van der Waals surface area (Å²) in [4.78, 5) is 24.4. The summed E-state index contributed by atoms with van der Waals surface area (Å²) in [5.74, 6) is -0.906. The lowest BCUT2D eigenvalue weighted by Crippen LogP contribution is -2.48. The van der Waals surface area contributed by atoms with E-state index in [-0.39, 0.29) is 11.9 Å². The molecule has 1 amide bonds. The summed E-state index contributed by atoms with van der Waals surface area (Å²) in [5, 5.41) is 12.1. The van der Waals surface area contributed by atoms with Crippen molar-refractivity contribution in [2.24, 2.45) is 0 Å². The van der Waals surface area contributed by atoms with E-state index in [1.807, 2.05) is 0 Å². The summed E-state index contributed by atoms with van der Waals surface area (Å²) in [5.41, 5.74) is 0. The number of carbonyl (C=O) groups excluding carboxylic acids is 1. The first-order valence-corrected chi connectivity index (χ1v) is 5.47. The Hall–Kier alpha value is -1.10. The number of aliphatic carboxylic acids is 1. The topological polar surface area (TPSA) is 69.6 Å². The fourth-order valence-electron chi connectivity index (χ4n) is 2.38. The third kappa shape index (κ3) is 1.97. The number of carboxylic acid groups (broad SMARTS) is 1. The van der Waals surface area contributed by atoms with Gasteiger partial charge in [-0.1, -0.05) is 0 Å². The number of rotatable bonds is 2. The molecule has 0 spiro atoms. The molecule has 0 bridgehead atoms. The van der Waals surface area contributed by atoms with Gasteiger partial charge in [-0.3, -0.25) is 4.79 Å². The molecule has 2 saturated heterocycles. The van der Waals surface area contributed by atoms with Crippen molar-refractivity contribution in [2.45, 2.75) is 37.8 Å². The van der Waals surface area contributed by atoms with Gasteiger partial charge in [-0.15, -0.1) is 0 Å². The van der Waals surface area contributed by atoms with Crippen LogP contribution in [0.1, 0.15) is 25.7 Å². The molecule has 5 heteroatoms. The normalized spacial score (nSPS) is 30.8. The Morgan fingerprint density at radius 1 is 1.27 bits per heavy atom. The Labute approximate surface area is 88.4 Å². The molecular weight excluding hydrogens is 196 g/mol. The van der Waals surface area contributed by atoms with Crippen molar-refractivity contribution >= 4 is 11.9 Å². The van der Waals surface area contributed by atoms with Crippen molar-refractivity contribution in [3.8, 4) is 0 Å². The predicted octanol–water partition coefficient (Wildman–Crippen LogP) is -0.186. The van der Waals surface area contributed by atoms with Gasteiger partial charge >= 0.3 is 5.97 Å². The number of hydrogen-bond donors (Lipinski definition) is 2. The molecule has 1 unspecified atom stereocenters. The van der Waals surface area contributed by atoms with E-state index < -0.39 is 12.0 Å². The van der Waals surface area contributed by atoms with E-state index in [0.717, 1.165) is 25.8 Å². The van der Waals surface area contributed by atoms with Crippen LogP contribution in [0.15, 0.2) is 0 Å². The van der Waals surface area contributed by atoms with Crippen molar-refractivity contribution in [3.05, 3.63) is 0 Å². The van der Waals surface area contributed by atoms with Gasteiger partial charge in [-0.05, 0) is 32.2 Å². The average Bonchev–Trinajstić information content (AvgIpc) is 2.88. The van der Waals surface area contributed by atoms with Crippen LogP contribution in [0, 0.1) is 0 Å². The molecule has 2 aliphatic rings. The molecule has 0 aliphatic carbocycles. The lowest BCUT2D eigenvalue weighted by atomic mass is 10.1. The SMILES string of the molecule is O=C(O)C1CCCN1C(=O)[C@H]1CCCN1. The van der Waals surface area contributed by atoms with E-state index in [9.17, 15) is 9.59 Å².